The van der Waals surface area contributed by atoms with E-state index in [0.29, 0.717) is 24.2 Å². The Morgan fingerprint density at radius 1 is 1.00 bits per heavy atom. The number of nitrogens with zero attached hydrogens (tertiary/aromatic N) is 1. The number of carbonyl (C=O) groups excluding carboxylic acids is 2. The monoisotopic (exact) mass is 451 g/mol. The zero-order valence-corrected chi connectivity index (χ0v) is 18.8. The molecular weight excluding hydrogens is 426 g/mol. The first-order valence-electron chi connectivity index (χ1n) is 11.3. The van der Waals surface area contributed by atoms with Gasteiger partial charge in [0.1, 0.15) is 5.75 Å². The molecule has 1 aliphatic rings. The van der Waals surface area contributed by atoms with Crippen LogP contribution < -0.4 is 15.5 Å². The SMILES string of the molecule is Cc1cc(C(=O)NC(c2ccccc2)c2c(O)ccc3ccccc23)ccc1N1CCNC1=O. The Hall–Kier alpha value is -4.32. The van der Waals surface area contributed by atoms with E-state index in [1.807, 2.05) is 73.7 Å². The van der Waals surface area contributed by atoms with Crippen molar-refractivity contribution in [1.29, 1.82) is 0 Å². The number of fused-ring (bicyclic) bond motifs is 1. The van der Waals surface area contributed by atoms with Gasteiger partial charge in [0.2, 0.25) is 0 Å². The number of aromatic hydroxyl groups is 1. The fourth-order valence-corrected chi connectivity index (χ4v) is 4.57. The maximum Gasteiger partial charge on any atom is 0.322 e. The van der Waals surface area contributed by atoms with E-state index in [9.17, 15) is 14.7 Å². The number of benzene rings is 4. The summed E-state index contributed by atoms with van der Waals surface area (Å²) in [7, 11) is 0. The van der Waals surface area contributed by atoms with Crippen LogP contribution in [0.1, 0.15) is 33.1 Å². The van der Waals surface area contributed by atoms with Crippen LogP contribution in [-0.4, -0.2) is 30.1 Å². The molecule has 0 radical (unpaired) electrons. The van der Waals surface area contributed by atoms with Gasteiger partial charge < -0.3 is 15.7 Å². The first-order chi connectivity index (χ1) is 16.5. The number of rotatable bonds is 5. The molecule has 34 heavy (non-hydrogen) atoms. The maximum absolute atomic E-state index is 13.4. The van der Waals surface area contributed by atoms with E-state index < -0.39 is 6.04 Å². The van der Waals surface area contributed by atoms with Crippen molar-refractivity contribution in [3.63, 3.8) is 0 Å². The Morgan fingerprint density at radius 3 is 2.50 bits per heavy atom. The van der Waals surface area contributed by atoms with E-state index in [1.165, 1.54) is 0 Å². The van der Waals surface area contributed by atoms with Gasteiger partial charge >= 0.3 is 6.03 Å². The van der Waals surface area contributed by atoms with E-state index >= 15 is 0 Å². The predicted octanol–water partition coefficient (Wildman–Crippen LogP) is 4.90. The number of phenolic OH excluding ortho intramolecular Hbond substituents is 1. The lowest BCUT2D eigenvalue weighted by Crippen LogP contribution is -2.30. The third kappa shape index (κ3) is 3.94. The molecule has 0 aromatic heterocycles. The molecule has 1 saturated heterocycles. The van der Waals surface area contributed by atoms with E-state index in [1.54, 1.807) is 23.1 Å². The molecule has 5 rings (SSSR count). The first kappa shape index (κ1) is 21.5. The number of phenols is 1. The van der Waals surface area contributed by atoms with Crippen LogP contribution >= 0.6 is 0 Å². The number of urea groups is 1. The summed E-state index contributed by atoms with van der Waals surface area (Å²) < 4.78 is 0. The lowest BCUT2D eigenvalue weighted by molar-refractivity contribution is 0.0943. The van der Waals surface area contributed by atoms with Crippen molar-refractivity contribution >= 4 is 28.4 Å². The minimum Gasteiger partial charge on any atom is -0.508 e. The normalized spacial score (nSPS) is 14.1. The van der Waals surface area contributed by atoms with Gasteiger partial charge in [0.05, 0.1) is 6.04 Å². The molecule has 4 aromatic rings. The molecule has 0 aliphatic carbocycles. The van der Waals surface area contributed by atoms with E-state index in [2.05, 4.69) is 10.6 Å². The van der Waals surface area contributed by atoms with Gasteiger partial charge in [-0.3, -0.25) is 9.69 Å². The van der Waals surface area contributed by atoms with Gasteiger partial charge in [-0.2, -0.15) is 0 Å². The van der Waals surface area contributed by atoms with Crippen LogP contribution in [0.25, 0.3) is 10.8 Å². The predicted molar refractivity (Wildman–Crippen MR) is 133 cm³/mol. The van der Waals surface area contributed by atoms with Gasteiger partial charge in [-0.05, 0) is 53.1 Å². The molecule has 6 nitrogen and oxygen atoms in total. The topological polar surface area (TPSA) is 81.7 Å². The Kier molecular flexibility index (Phi) is 5.64. The highest BCUT2D eigenvalue weighted by atomic mass is 16.3. The Labute approximate surface area is 197 Å². The summed E-state index contributed by atoms with van der Waals surface area (Å²) >= 11 is 0. The lowest BCUT2D eigenvalue weighted by atomic mass is 9.92. The van der Waals surface area contributed by atoms with Crippen molar-refractivity contribution in [2.75, 3.05) is 18.0 Å². The summed E-state index contributed by atoms with van der Waals surface area (Å²) in [6, 6.07) is 25.6. The van der Waals surface area contributed by atoms with Crippen LogP contribution in [-0.2, 0) is 0 Å². The van der Waals surface area contributed by atoms with Crippen LogP contribution in [0, 0.1) is 6.92 Å². The second kappa shape index (κ2) is 8.90. The van der Waals surface area contributed by atoms with Gasteiger partial charge in [0.15, 0.2) is 0 Å². The van der Waals surface area contributed by atoms with Gasteiger partial charge in [0, 0.05) is 29.9 Å². The summed E-state index contributed by atoms with van der Waals surface area (Å²) in [4.78, 5) is 27.1. The van der Waals surface area contributed by atoms with E-state index in [0.717, 1.165) is 27.6 Å². The van der Waals surface area contributed by atoms with Gasteiger partial charge in [0.25, 0.3) is 5.91 Å². The molecule has 170 valence electrons. The summed E-state index contributed by atoms with van der Waals surface area (Å²) in [6.07, 6.45) is 0. The van der Waals surface area contributed by atoms with Crippen molar-refractivity contribution in [3.05, 3.63) is 107 Å². The molecule has 1 fully saturated rings. The third-order valence-electron chi connectivity index (χ3n) is 6.25. The Balaban J connectivity index is 1.53. The molecule has 3 amide bonds. The number of nitrogens with one attached hydrogen (secondary N) is 2. The molecule has 0 saturated carbocycles. The van der Waals surface area contributed by atoms with Crippen molar-refractivity contribution < 1.29 is 14.7 Å². The molecule has 0 bridgehead atoms. The Bertz CT molecular complexity index is 1380. The van der Waals surface area contributed by atoms with Crippen LogP contribution in [0.5, 0.6) is 5.75 Å². The zero-order chi connectivity index (χ0) is 23.7. The Morgan fingerprint density at radius 2 is 1.76 bits per heavy atom. The smallest absolute Gasteiger partial charge is 0.322 e. The molecule has 6 heteroatoms. The number of amides is 3. The van der Waals surface area contributed by atoms with Crippen LogP contribution in [0.4, 0.5) is 10.5 Å². The fourth-order valence-electron chi connectivity index (χ4n) is 4.57. The van der Waals surface area contributed by atoms with Gasteiger partial charge in [-0.25, -0.2) is 4.79 Å². The molecule has 4 aromatic carbocycles. The van der Waals surface area contributed by atoms with Crippen molar-refractivity contribution in [2.45, 2.75) is 13.0 Å². The molecule has 1 aliphatic heterocycles. The maximum atomic E-state index is 13.4. The minimum atomic E-state index is -0.552. The van der Waals surface area contributed by atoms with Gasteiger partial charge in [-0.1, -0.05) is 60.7 Å². The number of hydrogen-bond donors (Lipinski definition) is 3. The number of carbonyl (C=O) groups is 2. The third-order valence-corrected chi connectivity index (χ3v) is 6.25. The lowest BCUT2D eigenvalue weighted by Gasteiger charge is -2.23. The number of anilines is 1. The van der Waals surface area contributed by atoms with Crippen molar-refractivity contribution in [2.24, 2.45) is 0 Å². The van der Waals surface area contributed by atoms with Crippen molar-refractivity contribution in [1.82, 2.24) is 10.6 Å². The first-order valence-corrected chi connectivity index (χ1v) is 11.3. The summed E-state index contributed by atoms with van der Waals surface area (Å²) in [6.45, 7) is 3.10. The molecular formula is C28H25N3O3. The molecule has 1 unspecified atom stereocenters. The van der Waals surface area contributed by atoms with Crippen LogP contribution in [0.3, 0.4) is 0 Å². The average molecular weight is 452 g/mol. The number of hydrogen-bond acceptors (Lipinski definition) is 3. The zero-order valence-electron chi connectivity index (χ0n) is 18.8. The standard InChI is InChI=1S/C28H25N3O3/c1-18-17-21(11-13-23(18)31-16-15-29-28(31)34)27(33)30-26(20-8-3-2-4-9-20)25-22-10-6-5-7-19(22)12-14-24(25)32/h2-14,17,26,32H,15-16H2,1H3,(H,29,34)(H,30,33). The molecule has 1 heterocycles. The van der Waals surface area contributed by atoms with Gasteiger partial charge in [-0.15, -0.1) is 0 Å². The fraction of sp³-hybridized carbons (Fsp3) is 0.143. The molecule has 3 N–H and O–H groups in total. The van der Waals surface area contributed by atoms with Crippen molar-refractivity contribution in [3.8, 4) is 5.75 Å². The largest absolute Gasteiger partial charge is 0.508 e. The minimum absolute atomic E-state index is 0.124. The quantitative estimate of drug-likeness (QED) is 0.404. The highest BCUT2D eigenvalue weighted by Gasteiger charge is 2.25. The summed E-state index contributed by atoms with van der Waals surface area (Å²) in [5.41, 5.74) is 3.64. The van der Waals surface area contributed by atoms with Crippen LogP contribution in [0.15, 0.2) is 84.9 Å². The summed E-state index contributed by atoms with van der Waals surface area (Å²) in [5, 5.41) is 18.6. The highest BCUT2D eigenvalue weighted by Crippen LogP contribution is 2.36. The highest BCUT2D eigenvalue weighted by molar-refractivity contribution is 5.98. The second-order valence-electron chi connectivity index (χ2n) is 8.42. The van der Waals surface area contributed by atoms with Crippen LogP contribution in [0.2, 0.25) is 0 Å². The summed E-state index contributed by atoms with van der Waals surface area (Å²) in [5.74, 6) is -0.138. The number of aryl methyl sites for hydroxylation is 1. The van der Waals surface area contributed by atoms with E-state index in [4.69, 9.17) is 0 Å². The van der Waals surface area contributed by atoms with E-state index in [-0.39, 0.29) is 17.7 Å². The molecule has 0 spiro atoms. The average Bonchev–Trinajstić information content (AvgIpc) is 3.28. The second-order valence-corrected chi connectivity index (χ2v) is 8.42. The molecule has 1 atom stereocenters.